The second kappa shape index (κ2) is 6.49. The van der Waals surface area contributed by atoms with Gasteiger partial charge in [-0.15, -0.1) is 0 Å². The minimum Gasteiger partial charge on any atom is -0.316 e. The van der Waals surface area contributed by atoms with Gasteiger partial charge in [-0.25, -0.2) is 0 Å². The van der Waals surface area contributed by atoms with Crippen LogP contribution in [0.2, 0.25) is 0 Å². The van der Waals surface area contributed by atoms with E-state index in [1.54, 1.807) is 0 Å². The number of hydrogen-bond acceptors (Lipinski definition) is 2. The predicted octanol–water partition coefficient (Wildman–Crippen LogP) is 2.50. The van der Waals surface area contributed by atoms with Crippen molar-refractivity contribution in [3.05, 3.63) is 0 Å². The monoisotopic (exact) mass is 212 g/mol. The second-order valence-electron chi connectivity index (χ2n) is 5.99. The van der Waals surface area contributed by atoms with Gasteiger partial charge in [-0.05, 0) is 63.8 Å². The van der Waals surface area contributed by atoms with Crippen molar-refractivity contribution in [1.29, 1.82) is 0 Å². The van der Waals surface area contributed by atoms with Gasteiger partial charge < -0.3 is 10.2 Å². The molecule has 0 bridgehead atoms. The third-order valence-electron chi connectivity index (χ3n) is 2.93. The van der Waals surface area contributed by atoms with Crippen LogP contribution in [0.5, 0.6) is 0 Å². The van der Waals surface area contributed by atoms with E-state index in [-0.39, 0.29) is 0 Å². The molecule has 0 radical (unpaired) electrons. The average Bonchev–Trinajstić information content (AvgIpc) is 2.61. The highest BCUT2D eigenvalue weighted by Crippen LogP contribution is 2.10. The van der Waals surface area contributed by atoms with Gasteiger partial charge in [-0.2, -0.15) is 0 Å². The van der Waals surface area contributed by atoms with Gasteiger partial charge in [0.05, 0.1) is 0 Å². The van der Waals surface area contributed by atoms with Gasteiger partial charge in [0.15, 0.2) is 0 Å². The van der Waals surface area contributed by atoms with Crippen LogP contribution in [0.3, 0.4) is 0 Å². The summed E-state index contributed by atoms with van der Waals surface area (Å²) in [6.45, 7) is 13.2. The quantitative estimate of drug-likeness (QED) is 0.681. The lowest BCUT2D eigenvalue weighted by Gasteiger charge is -2.19. The van der Waals surface area contributed by atoms with E-state index in [0.29, 0.717) is 5.41 Å². The van der Waals surface area contributed by atoms with Crippen molar-refractivity contribution in [3.8, 4) is 0 Å². The lowest BCUT2D eigenvalue weighted by Crippen LogP contribution is -2.28. The highest BCUT2D eigenvalue weighted by atomic mass is 15.1. The Morgan fingerprint density at radius 3 is 2.33 bits per heavy atom. The zero-order valence-electron chi connectivity index (χ0n) is 10.8. The molecule has 0 saturated carbocycles. The van der Waals surface area contributed by atoms with Crippen LogP contribution < -0.4 is 5.32 Å². The summed E-state index contributed by atoms with van der Waals surface area (Å²) in [4.78, 5) is 2.60. The summed E-state index contributed by atoms with van der Waals surface area (Å²) in [6, 6.07) is 0. The summed E-state index contributed by atoms with van der Waals surface area (Å²) >= 11 is 0. The first-order valence-electron chi connectivity index (χ1n) is 6.51. The fraction of sp³-hybridized carbons (Fsp3) is 1.00. The fourth-order valence-corrected chi connectivity index (χ4v) is 2.06. The van der Waals surface area contributed by atoms with Crippen LogP contribution in [0.1, 0.15) is 46.5 Å². The summed E-state index contributed by atoms with van der Waals surface area (Å²) in [5.74, 6) is 0. The molecule has 90 valence electrons. The number of rotatable bonds is 6. The van der Waals surface area contributed by atoms with Gasteiger partial charge in [0, 0.05) is 0 Å². The van der Waals surface area contributed by atoms with Crippen molar-refractivity contribution in [2.24, 2.45) is 5.41 Å². The van der Waals surface area contributed by atoms with E-state index in [0.717, 1.165) is 6.54 Å². The van der Waals surface area contributed by atoms with Crippen LogP contribution in [0, 0.1) is 5.41 Å². The van der Waals surface area contributed by atoms with Gasteiger partial charge >= 0.3 is 0 Å². The normalized spacial score (nSPS) is 18.6. The highest BCUT2D eigenvalue weighted by Gasteiger charge is 2.10. The molecule has 0 aromatic heterocycles. The fourth-order valence-electron chi connectivity index (χ4n) is 2.06. The third kappa shape index (κ3) is 6.91. The van der Waals surface area contributed by atoms with Crippen molar-refractivity contribution >= 4 is 0 Å². The first kappa shape index (κ1) is 13.0. The molecule has 2 nitrogen and oxygen atoms in total. The molecule has 0 spiro atoms. The molecule has 0 aromatic carbocycles. The highest BCUT2D eigenvalue weighted by molar-refractivity contribution is 4.67. The molecule has 0 unspecified atom stereocenters. The van der Waals surface area contributed by atoms with Gasteiger partial charge in [0.25, 0.3) is 0 Å². The summed E-state index contributed by atoms with van der Waals surface area (Å²) < 4.78 is 0. The van der Waals surface area contributed by atoms with Crippen molar-refractivity contribution in [2.75, 3.05) is 32.7 Å². The molecule has 0 amide bonds. The summed E-state index contributed by atoms with van der Waals surface area (Å²) in [7, 11) is 0. The van der Waals surface area contributed by atoms with Crippen LogP contribution >= 0.6 is 0 Å². The number of nitrogens with one attached hydrogen (secondary N) is 1. The topological polar surface area (TPSA) is 15.3 Å². The molecular formula is C13H28N2. The number of unbranched alkanes of at least 4 members (excludes halogenated alkanes) is 1. The Hall–Kier alpha value is -0.0800. The second-order valence-corrected chi connectivity index (χ2v) is 5.99. The van der Waals surface area contributed by atoms with E-state index in [1.165, 1.54) is 51.9 Å². The minimum atomic E-state index is 0.426. The Kier molecular flexibility index (Phi) is 5.62. The van der Waals surface area contributed by atoms with E-state index < -0.39 is 0 Å². The number of hydrogen-bond donors (Lipinski definition) is 1. The summed E-state index contributed by atoms with van der Waals surface area (Å²) in [5.41, 5.74) is 0.426. The molecule has 1 heterocycles. The van der Waals surface area contributed by atoms with Crippen LogP contribution in [-0.4, -0.2) is 37.6 Å². The van der Waals surface area contributed by atoms with Crippen LogP contribution in [0.25, 0.3) is 0 Å². The van der Waals surface area contributed by atoms with Crippen molar-refractivity contribution in [2.45, 2.75) is 46.5 Å². The predicted molar refractivity (Wildman–Crippen MR) is 67.2 cm³/mol. The molecule has 15 heavy (non-hydrogen) atoms. The largest absolute Gasteiger partial charge is 0.316 e. The van der Waals surface area contributed by atoms with Crippen molar-refractivity contribution in [3.63, 3.8) is 0 Å². The van der Waals surface area contributed by atoms with Crippen LogP contribution in [0.4, 0.5) is 0 Å². The summed E-state index contributed by atoms with van der Waals surface area (Å²) in [5, 5.41) is 3.53. The minimum absolute atomic E-state index is 0.426. The molecular weight excluding hydrogens is 184 g/mol. The SMILES string of the molecule is CC(C)(C)CNCCCCN1CCCC1. The summed E-state index contributed by atoms with van der Waals surface area (Å²) in [6.07, 6.45) is 5.52. The Morgan fingerprint density at radius 2 is 1.73 bits per heavy atom. The van der Waals surface area contributed by atoms with E-state index in [9.17, 15) is 0 Å². The first-order chi connectivity index (χ1) is 7.08. The maximum Gasteiger partial charge on any atom is -0.0000125 e. The van der Waals surface area contributed by atoms with Crippen molar-refractivity contribution < 1.29 is 0 Å². The van der Waals surface area contributed by atoms with Crippen LogP contribution in [-0.2, 0) is 0 Å². The molecule has 1 rings (SSSR count). The van der Waals surface area contributed by atoms with Gasteiger partial charge in [0.2, 0.25) is 0 Å². The molecule has 1 N–H and O–H groups in total. The number of nitrogens with zero attached hydrogens (tertiary/aromatic N) is 1. The Labute approximate surface area is 95.4 Å². The van der Waals surface area contributed by atoms with Gasteiger partial charge in [0.1, 0.15) is 0 Å². The third-order valence-corrected chi connectivity index (χ3v) is 2.93. The molecule has 1 aliphatic rings. The van der Waals surface area contributed by atoms with E-state index in [1.807, 2.05) is 0 Å². The molecule has 1 aliphatic heterocycles. The average molecular weight is 212 g/mol. The Balaban J connectivity index is 1.84. The molecule has 0 aliphatic carbocycles. The van der Waals surface area contributed by atoms with Gasteiger partial charge in [-0.3, -0.25) is 0 Å². The lowest BCUT2D eigenvalue weighted by atomic mass is 9.97. The van der Waals surface area contributed by atoms with Crippen LogP contribution in [0.15, 0.2) is 0 Å². The standard InChI is InChI=1S/C13H28N2/c1-13(2,3)12-14-8-4-5-9-15-10-6-7-11-15/h14H,4-12H2,1-3H3. The molecule has 1 saturated heterocycles. The molecule has 1 fully saturated rings. The maximum atomic E-state index is 3.53. The Morgan fingerprint density at radius 1 is 1.07 bits per heavy atom. The first-order valence-corrected chi connectivity index (χ1v) is 6.51. The molecule has 2 heteroatoms. The van der Waals surface area contributed by atoms with Crippen molar-refractivity contribution in [1.82, 2.24) is 10.2 Å². The smallest absolute Gasteiger partial charge is 0.0000125 e. The van der Waals surface area contributed by atoms with E-state index >= 15 is 0 Å². The Bertz CT molecular complexity index is 154. The molecule has 0 aromatic rings. The molecule has 0 atom stereocenters. The van der Waals surface area contributed by atoms with E-state index in [2.05, 4.69) is 31.0 Å². The zero-order valence-corrected chi connectivity index (χ0v) is 10.8. The maximum absolute atomic E-state index is 3.53. The number of likely N-dealkylation sites (tertiary alicyclic amines) is 1. The lowest BCUT2D eigenvalue weighted by molar-refractivity contribution is 0.324. The zero-order chi connectivity index (χ0) is 11.1. The van der Waals surface area contributed by atoms with Gasteiger partial charge in [-0.1, -0.05) is 20.8 Å². The van der Waals surface area contributed by atoms with E-state index in [4.69, 9.17) is 0 Å².